The van der Waals surface area contributed by atoms with E-state index in [2.05, 4.69) is 16.9 Å². The van der Waals surface area contributed by atoms with Crippen LogP contribution in [0.3, 0.4) is 0 Å². The molecule has 8 heteroatoms. The molecule has 0 atom stereocenters. The summed E-state index contributed by atoms with van der Waals surface area (Å²) in [7, 11) is 0. The smallest absolute Gasteiger partial charge is 0.410 e. The highest BCUT2D eigenvalue weighted by Gasteiger charge is 2.37. The molecule has 1 amide bonds. The number of aromatic nitrogens is 4. The van der Waals surface area contributed by atoms with Crippen LogP contribution >= 0.6 is 0 Å². The minimum Gasteiger partial charge on any atom is -0.444 e. The summed E-state index contributed by atoms with van der Waals surface area (Å²) in [4.78, 5) is 23.9. The van der Waals surface area contributed by atoms with Gasteiger partial charge in [-0.25, -0.2) is 9.78 Å². The summed E-state index contributed by atoms with van der Waals surface area (Å²) in [5.74, 6) is 1.14. The molecule has 0 spiro atoms. The predicted octanol–water partition coefficient (Wildman–Crippen LogP) is 4.65. The van der Waals surface area contributed by atoms with Crippen molar-refractivity contribution in [2.24, 2.45) is 5.92 Å². The lowest BCUT2D eigenvalue weighted by Crippen LogP contribution is -2.50. The van der Waals surface area contributed by atoms with Crippen molar-refractivity contribution in [3.63, 3.8) is 0 Å². The van der Waals surface area contributed by atoms with Gasteiger partial charge in [0.2, 0.25) is 0 Å². The summed E-state index contributed by atoms with van der Waals surface area (Å²) < 4.78 is 7.59. The van der Waals surface area contributed by atoms with Crippen molar-refractivity contribution < 1.29 is 14.6 Å². The molecule has 2 saturated carbocycles. The van der Waals surface area contributed by atoms with Crippen LogP contribution in [0.15, 0.2) is 30.6 Å². The summed E-state index contributed by atoms with van der Waals surface area (Å²) in [6, 6.07) is 6.50. The van der Waals surface area contributed by atoms with Gasteiger partial charge in [-0.1, -0.05) is 12.1 Å². The van der Waals surface area contributed by atoms with Crippen molar-refractivity contribution >= 4 is 17.1 Å². The summed E-state index contributed by atoms with van der Waals surface area (Å²) in [6.45, 7) is 7.18. The van der Waals surface area contributed by atoms with Gasteiger partial charge in [0.15, 0.2) is 0 Å². The Balaban J connectivity index is 1.24. The molecule has 1 saturated heterocycles. The lowest BCUT2D eigenvalue weighted by molar-refractivity contribution is 0.00828. The van der Waals surface area contributed by atoms with Gasteiger partial charge < -0.3 is 14.7 Å². The lowest BCUT2D eigenvalue weighted by atomic mass is 9.81. The first-order chi connectivity index (χ1) is 16.8. The van der Waals surface area contributed by atoms with E-state index in [0.717, 1.165) is 46.4 Å². The standard InChI is InChI=1S/C27H33N5O3/c1-27(2,3)35-26(34)31-12-18(13-31)20-5-4-6-22-25(20)28-11-23(29-22)21-14-32(19-9-16(10-19)15-33)30-24(21)17-7-8-17/h4-6,11,14,16-19,33H,7-10,12-13,15H2,1-3H3. The van der Waals surface area contributed by atoms with Crippen molar-refractivity contribution in [1.82, 2.24) is 24.6 Å². The van der Waals surface area contributed by atoms with Crippen LogP contribution in [0.5, 0.6) is 0 Å². The Bertz CT molecular complexity index is 1260. The van der Waals surface area contributed by atoms with Crippen LogP contribution in [0.25, 0.3) is 22.3 Å². The van der Waals surface area contributed by atoms with E-state index in [-0.39, 0.29) is 18.6 Å². The van der Waals surface area contributed by atoms with E-state index in [9.17, 15) is 9.90 Å². The minimum atomic E-state index is -0.490. The topological polar surface area (TPSA) is 93.4 Å². The molecule has 3 fully saturated rings. The molecule has 2 aliphatic carbocycles. The zero-order chi connectivity index (χ0) is 24.3. The number of fused-ring (bicyclic) bond motifs is 1. The summed E-state index contributed by atoms with van der Waals surface area (Å²) >= 11 is 0. The maximum absolute atomic E-state index is 12.3. The van der Waals surface area contributed by atoms with Crippen LogP contribution in [-0.4, -0.2) is 61.1 Å². The molecular weight excluding hydrogens is 442 g/mol. The number of hydrogen-bond acceptors (Lipinski definition) is 6. The van der Waals surface area contributed by atoms with Crippen LogP contribution < -0.4 is 0 Å². The molecule has 1 aromatic carbocycles. The highest BCUT2D eigenvalue weighted by molar-refractivity contribution is 5.82. The Kier molecular flexibility index (Phi) is 5.32. The predicted molar refractivity (Wildman–Crippen MR) is 132 cm³/mol. The van der Waals surface area contributed by atoms with Crippen LogP contribution in [0.4, 0.5) is 4.79 Å². The van der Waals surface area contributed by atoms with Gasteiger partial charge in [-0.15, -0.1) is 0 Å². The first kappa shape index (κ1) is 22.5. The fourth-order valence-corrected chi connectivity index (χ4v) is 5.19. The number of likely N-dealkylation sites (tertiary alicyclic amines) is 1. The molecule has 3 aromatic rings. The van der Waals surface area contributed by atoms with Gasteiger partial charge in [0.25, 0.3) is 0 Å². The van der Waals surface area contributed by atoms with Crippen LogP contribution in [-0.2, 0) is 4.74 Å². The Morgan fingerprint density at radius 2 is 1.94 bits per heavy atom. The molecule has 0 bridgehead atoms. The van der Waals surface area contributed by atoms with E-state index in [1.807, 2.05) is 39.1 Å². The molecular formula is C27H33N5O3. The number of hydrogen-bond donors (Lipinski definition) is 1. The average Bonchev–Trinajstić information content (AvgIpc) is 3.50. The molecule has 2 aromatic heterocycles. The molecule has 6 rings (SSSR count). The van der Waals surface area contributed by atoms with E-state index in [1.54, 1.807) is 4.90 Å². The number of para-hydroxylation sites is 1. The normalized spacial score (nSPS) is 22.7. The zero-order valence-corrected chi connectivity index (χ0v) is 20.6. The second-order valence-corrected chi connectivity index (χ2v) is 11.4. The monoisotopic (exact) mass is 475 g/mol. The van der Waals surface area contributed by atoms with Crippen LogP contribution in [0.1, 0.15) is 75.6 Å². The first-order valence-corrected chi connectivity index (χ1v) is 12.7. The van der Waals surface area contributed by atoms with E-state index >= 15 is 0 Å². The summed E-state index contributed by atoms with van der Waals surface area (Å²) in [6.07, 6.45) is 8.07. The Morgan fingerprint density at radius 3 is 2.63 bits per heavy atom. The van der Waals surface area contributed by atoms with Gasteiger partial charge in [0.1, 0.15) is 5.60 Å². The average molecular weight is 476 g/mol. The van der Waals surface area contributed by atoms with Crippen molar-refractivity contribution in [2.75, 3.05) is 19.7 Å². The molecule has 184 valence electrons. The second-order valence-electron chi connectivity index (χ2n) is 11.4. The number of rotatable bonds is 5. The van der Waals surface area contributed by atoms with Gasteiger partial charge in [-0.05, 0) is 64.0 Å². The van der Waals surface area contributed by atoms with E-state index in [0.29, 0.717) is 31.0 Å². The number of aliphatic hydroxyl groups is 1. The minimum absolute atomic E-state index is 0.231. The van der Waals surface area contributed by atoms with Crippen molar-refractivity contribution in [2.45, 2.75) is 69.9 Å². The maximum atomic E-state index is 12.3. The SMILES string of the molecule is CC(C)(C)OC(=O)N1CC(c2cccc3nc(-c4cn(C5CC(CO)C5)nc4C4CC4)cnc23)C1. The third-order valence-electron chi connectivity index (χ3n) is 7.42. The van der Waals surface area contributed by atoms with E-state index in [4.69, 9.17) is 19.8 Å². The Morgan fingerprint density at radius 1 is 1.17 bits per heavy atom. The molecule has 35 heavy (non-hydrogen) atoms. The number of carbonyl (C=O) groups excluding carboxylic acids is 1. The molecule has 3 aliphatic rings. The Labute approximate surface area is 205 Å². The van der Waals surface area contributed by atoms with Crippen LogP contribution in [0, 0.1) is 5.92 Å². The van der Waals surface area contributed by atoms with Gasteiger partial charge >= 0.3 is 6.09 Å². The number of nitrogens with zero attached hydrogens (tertiary/aromatic N) is 5. The number of amides is 1. The number of ether oxygens (including phenoxy) is 1. The third kappa shape index (κ3) is 4.29. The third-order valence-corrected chi connectivity index (χ3v) is 7.42. The summed E-state index contributed by atoms with van der Waals surface area (Å²) in [5, 5.41) is 14.3. The van der Waals surface area contributed by atoms with Gasteiger partial charge in [-0.2, -0.15) is 5.10 Å². The number of benzene rings is 1. The van der Waals surface area contributed by atoms with Gasteiger partial charge in [0, 0.05) is 43.3 Å². The molecule has 0 radical (unpaired) electrons. The van der Waals surface area contributed by atoms with Crippen molar-refractivity contribution in [3.8, 4) is 11.3 Å². The van der Waals surface area contributed by atoms with Gasteiger partial charge in [-0.3, -0.25) is 9.67 Å². The highest BCUT2D eigenvalue weighted by Crippen LogP contribution is 2.45. The zero-order valence-electron chi connectivity index (χ0n) is 20.6. The van der Waals surface area contributed by atoms with Crippen molar-refractivity contribution in [1.29, 1.82) is 0 Å². The van der Waals surface area contributed by atoms with Crippen molar-refractivity contribution in [3.05, 3.63) is 41.9 Å². The Hall–Kier alpha value is -3.00. The van der Waals surface area contributed by atoms with Gasteiger partial charge in [0.05, 0.1) is 34.7 Å². The fraction of sp³-hybridized carbons (Fsp3) is 0.556. The van der Waals surface area contributed by atoms with E-state index < -0.39 is 5.60 Å². The maximum Gasteiger partial charge on any atom is 0.410 e. The lowest BCUT2D eigenvalue weighted by Gasteiger charge is -2.40. The first-order valence-electron chi connectivity index (χ1n) is 12.7. The quantitative estimate of drug-likeness (QED) is 0.577. The number of aliphatic hydroxyl groups excluding tert-OH is 1. The largest absolute Gasteiger partial charge is 0.444 e. The van der Waals surface area contributed by atoms with Crippen LogP contribution in [0.2, 0.25) is 0 Å². The molecule has 8 nitrogen and oxygen atoms in total. The second kappa shape index (κ2) is 8.29. The number of carbonyl (C=O) groups is 1. The van der Waals surface area contributed by atoms with E-state index in [1.165, 1.54) is 12.8 Å². The summed E-state index contributed by atoms with van der Waals surface area (Å²) in [5.41, 5.74) is 5.49. The highest BCUT2D eigenvalue weighted by atomic mass is 16.6. The molecule has 0 unspecified atom stereocenters. The molecule has 1 aliphatic heterocycles. The molecule has 1 N–H and O–H groups in total. The molecule has 3 heterocycles. The fourth-order valence-electron chi connectivity index (χ4n) is 5.19.